The average molecular weight is 299 g/mol. The van der Waals surface area contributed by atoms with E-state index in [1.807, 2.05) is 63.2 Å². The van der Waals surface area contributed by atoms with Gasteiger partial charge in [0.25, 0.3) is 0 Å². The quantitative estimate of drug-likeness (QED) is 0.910. The van der Waals surface area contributed by atoms with Gasteiger partial charge in [0.1, 0.15) is 11.6 Å². The van der Waals surface area contributed by atoms with Crippen LogP contribution in [0, 0.1) is 13.8 Å². The lowest BCUT2D eigenvalue weighted by Gasteiger charge is -2.14. The molecule has 1 heterocycles. The van der Waals surface area contributed by atoms with E-state index >= 15 is 0 Å². The van der Waals surface area contributed by atoms with Gasteiger partial charge >= 0.3 is 6.03 Å². The first kappa shape index (κ1) is 15.8. The molecule has 6 heteroatoms. The van der Waals surface area contributed by atoms with Gasteiger partial charge in [-0.05, 0) is 25.5 Å². The number of hydrogen-bond acceptors (Lipinski definition) is 4. The molecule has 0 bridgehead atoms. The van der Waals surface area contributed by atoms with E-state index in [-0.39, 0.29) is 12.6 Å². The molecule has 0 aliphatic heterocycles. The SMILES string of the molecule is Cc1cc(N(C)C)nc(CNC(=O)Nc2ccccc2C)n1. The second-order valence-electron chi connectivity index (χ2n) is 5.30. The molecule has 6 nitrogen and oxygen atoms in total. The summed E-state index contributed by atoms with van der Waals surface area (Å²) in [6.07, 6.45) is 0. The van der Waals surface area contributed by atoms with Crippen molar-refractivity contribution in [2.45, 2.75) is 20.4 Å². The first-order valence-corrected chi connectivity index (χ1v) is 7.08. The Morgan fingerprint density at radius 3 is 2.59 bits per heavy atom. The van der Waals surface area contributed by atoms with Gasteiger partial charge in [0.2, 0.25) is 0 Å². The minimum Gasteiger partial charge on any atom is -0.363 e. The highest BCUT2D eigenvalue weighted by atomic mass is 16.2. The molecule has 0 radical (unpaired) electrons. The number of carbonyl (C=O) groups excluding carboxylic acids is 1. The van der Waals surface area contributed by atoms with Gasteiger partial charge in [0, 0.05) is 31.5 Å². The molecule has 22 heavy (non-hydrogen) atoms. The molecule has 2 aromatic rings. The number of aromatic nitrogens is 2. The Hall–Kier alpha value is -2.63. The standard InChI is InChI=1S/C16H21N5O/c1-11-7-5-6-8-13(11)19-16(22)17-10-14-18-12(2)9-15(20-14)21(3)4/h5-9H,10H2,1-4H3,(H2,17,19,22). The Labute approximate surface area is 130 Å². The lowest BCUT2D eigenvalue weighted by Crippen LogP contribution is -2.29. The van der Waals surface area contributed by atoms with Crippen molar-refractivity contribution in [2.24, 2.45) is 0 Å². The van der Waals surface area contributed by atoms with Gasteiger partial charge in [0.05, 0.1) is 6.54 Å². The van der Waals surface area contributed by atoms with E-state index < -0.39 is 0 Å². The number of carbonyl (C=O) groups is 1. The van der Waals surface area contributed by atoms with Gasteiger partial charge < -0.3 is 15.5 Å². The maximum Gasteiger partial charge on any atom is 0.319 e. The molecular weight excluding hydrogens is 278 g/mol. The van der Waals surface area contributed by atoms with E-state index in [1.165, 1.54) is 0 Å². The Kier molecular flexibility index (Phi) is 4.93. The lowest BCUT2D eigenvalue weighted by atomic mass is 10.2. The number of para-hydroxylation sites is 1. The highest BCUT2D eigenvalue weighted by Gasteiger charge is 2.07. The van der Waals surface area contributed by atoms with Crippen molar-refractivity contribution in [1.82, 2.24) is 15.3 Å². The number of nitrogens with one attached hydrogen (secondary N) is 2. The summed E-state index contributed by atoms with van der Waals surface area (Å²) >= 11 is 0. The highest BCUT2D eigenvalue weighted by Crippen LogP contribution is 2.13. The van der Waals surface area contributed by atoms with Crippen molar-refractivity contribution >= 4 is 17.5 Å². The minimum atomic E-state index is -0.272. The lowest BCUT2D eigenvalue weighted by molar-refractivity contribution is 0.251. The predicted molar refractivity (Wildman–Crippen MR) is 88.1 cm³/mol. The number of amides is 2. The Balaban J connectivity index is 1.98. The van der Waals surface area contributed by atoms with E-state index in [9.17, 15) is 4.79 Å². The molecule has 0 fully saturated rings. The van der Waals surface area contributed by atoms with Crippen LogP contribution in [0.3, 0.4) is 0 Å². The fourth-order valence-electron chi connectivity index (χ4n) is 1.96. The Morgan fingerprint density at radius 2 is 1.91 bits per heavy atom. The molecule has 1 aromatic carbocycles. The van der Waals surface area contributed by atoms with Crippen molar-refractivity contribution < 1.29 is 4.79 Å². The summed E-state index contributed by atoms with van der Waals surface area (Å²) in [4.78, 5) is 22.6. The predicted octanol–water partition coefficient (Wildman–Crippen LogP) is 2.48. The molecule has 0 atom stereocenters. The summed E-state index contributed by atoms with van der Waals surface area (Å²) in [6.45, 7) is 4.13. The number of aryl methyl sites for hydroxylation is 2. The molecular formula is C16H21N5O. The summed E-state index contributed by atoms with van der Waals surface area (Å²) in [5.41, 5.74) is 2.67. The van der Waals surface area contributed by atoms with E-state index in [1.54, 1.807) is 0 Å². The summed E-state index contributed by atoms with van der Waals surface area (Å²) < 4.78 is 0. The van der Waals surface area contributed by atoms with Gasteiger partial charge in [-0.15, -0.1) is 0 Å². The number of hydrogen-bond donors (Lipinski definition) is 2. The van der Waals surface area contributed by atoms with Gasteiger partial charge in [-0.2, -0.15) is 0 Å². The zero-order chi connectivity index (χ0) is 16.1. The molecule has 2 rings (SSSR count). The third kappa shape index (κ3) is 4.18. The number of rotatable bonds is 4. The van der Waals surface area contributed by atoms with Crippen LogP contribution in [0.15, 0.2) is 30.3 Å². The minimum absolute atomic E-state index is 0.272. The van der Waals surface area contributed by atoms with Crippen LogP contribution in [0.4, 0.5) is 16.3 Å². The monoisotopic (exact) mass is 299 g/mol. The molecule has 116 valence electrons. The fraction of sp³-hybridized carbons (Fsp3) is 0.312. The first-order chi connectivity index (χ1) is 10.5. The molecule has 1 aromatic heterocycles. The molecule has 0 saturated heterocycles. The summed E-state index contributed by atoms with van der Waals surface area (Å²) in [5.74, 6) is 1.41. The molecule has 0 aliphatic carbocycles. The zero-order valence-corrected chi connectivity index (χ0v) is 13.3. The number of anilines is 2. The topological polar surface area (TPSA) is 70.2 Å². The first-order valence-electron chi connectivity index (χ1n) is 7.08. The maximum absolute atomic E-state index is 12.0. The van der Waals surface area contributed by atoms with E-state index in [2.05, 4.69) is 20.6 Å². The van der Waals surface area contributed by atoms with Gasteiger partial charge in [0.15, 0.2) is 0 Å². The zero-order valence-electron chi connectivity index (χ0n) is 13.3. The van der Waals surface area contributed by atoms with E-state index in [4.69, 9.17) is 0 Å². The smallest absolute Gasteiger partial charge is 0.319 e. The van der Waals surface area contributed by atoms with Crippen molar-refractivity contribution in [3.63, 3.8) is 0 Å². The van der Waals surface area contributed by atoms with Crippen molar-refractivity contribution in [3.05, 3.63) is 47.4 Å². The van der Waals surface area contributed by atoms with Crippen molar-refractivity contribution in [2.75, 3.05) is 24.3 Å². The largest absolute Gasteiger partial charge is 0.363 e. The van der Waals surface area contributed by atoms with E-state index in [0.29, 0.717) is 5.82 Å². The molecule has 0 spiro atoms. The Bertz CT molecular complexity index is 669. The van der Waals surface area contributed by atoms with Crippen LogP contribution in [-0.4, -0.2) is 30.1 Å². The van der Waals surface area contributed by atoms with Crippen LogP contribution >= 0.6 is 0 Å². The van der Waals surface area contributed by atoms with Crippen LogP contribution in [-0.2, 0) is 6.54 Å². The average Bonchev–Trinajstić information content (AvgIpc) is 2.47. The summed E-state index contributed by atoms with van der Waals surface area (Å²) in [7, 11) is 3.84. The van der Waals surface area contributed by atoms with Crippen molar-refractivity contribution in [3.8, 4) is 0 Å². The van der Waals surface area contributed by atoms with Crippen LogP contribution < -0.4 is 15.5 Å². The molecule has 2 N–H and O–H groups in total. The van der Waals surface area contributed by atoms with E-state index in [0.717, 1.165) is 22.8 Å². The fourth-order valence-corrected chi connectivity index (χ4v) is 1.96. The van der Waals surface area contributed by atoms with Gasteiger partial charge in [-0.1, -0.05) is 18.2 Å². The van der Waals surface area contributed by atoms with Crippen LogP contribution in [0.1, 0.15) is 17.1 Å². The number of benzene rings is 1. The molecule has 2 amide bonds. The highest BCUT2D eigenvalue weighted by molar-refractivity contribution is 5.89. The Morgan fingerprint density at radius 1 is 1.18 bits per heavy atom. The number of nitrogens with zero attached hydrogens (tertiary/aromatic N) is 3. The third-order valence-corrected chi connectivity index (χ3v) is 3.15. The second-order valence-corrected chi connectivity index (χ2v) is 5.30. The van der Waals surface area contributed by atoms with Crippen molar-refractivity contribution in [1.29, 1.82) is 0 Å². The molecule has 0 aliphatic rings. The number of urea groups is 1. The molecule has 0 saturated carbocycles. The van der Waals surface area contributed by atoms with Crippen LogP contribution in [0.25, 0.3) is 0 Å². The summed E-state index contributed by atoms with van der Waals surface area (Å²) in [5, 5.41) is 5.59. The van der Waals surface area contributed by atoms with Gasteiger partial charge in [-0.3, -0.25) is 0 Å². The maximum atomic E-state index is 12.0. The molecule has 0 unspecified atom stereocenters. The normalized spacial score (nSPS) is 10.2. The van der Waals surface area contributed by atoms with Crippen LogP contribution in [0.2, 0.25) is 0 Å². The second kappa shape index (κ2) is 6.89. The third-order valence-electron chi connectivity index (χ3n) is 3.15. The summed E-state index contributed by atoms with van der Waals surface area (Å²) in [6, 6.07) is 9.25. The van der Waals surface area contributed by atoms with Crippen LogP contribution in [0.5, 0.6) is 0 Å². The van der Waals surface area contributed by atoms with Gasteiger partial charge in [-0.25, -0.2) is 14.8 Å².